The van der Waals surface area contributed by atoms with Crippen LogP contribution < -0.4 is 26.6 Å². The number of hydrogen-bond donors (Lipinski definition) is 10. The number of terminal acetylenes is 1. The number of nitrogens with one attached hydrogen (secondary N) is 5. The average Bonchev–Trinajstić information content (AvgIpc) is 3.16. The second-order valence-corrected chi connectivity index (χ2v) is 13.4. The molecule has 0 aromatic heterocycles. The normalized spacial score (nSPS) is 13.5. The number of carbonyl (C=O) groups excluding carboxylic acids is 7. The van der Waals surface area contributed by atoms with Crippen LogP contribution in [0.2, 0.25) is 0 Å². The van der Waals surface area contributed by atoms with E-state index in [4.69, 9.17) is 11.5 Å². The van der Waals surface area contributed by atoms with Crippen molar-refractivity contribution in [2.24, 2.45) is 5.92 Å². The maximum absolute atomic E-state index is 14.0. The molecule has 0 heterocycles. The highest BCUT2D eigenvalue weighted by Gasteiger charge is 2.35. The Labute approximate surface area is 342 Å². The lowest BCUT2D eigenvalue weighted by atomic mass is 9.93. The predicted octanol–water partition coefficient (Wildman–Crippen LogP) is -1.70. The van der Waals surface area contributed by atoms with Gasteiger partial charge in [0.1, 0.15) is 30.5 Å². The first-order valence-electron chi connectivity index (χ1n) is 18.2. The number of benzene rings is 1. The fourth-order valence-corrected chi connectivity index (χ4v) is 5.47. The molecule has 0 bridgehead atoms. The molecule has 0 radical (unpaired) electrons. The van der Waals surface area contributed by atoms with E-state index in [9.17, 15) is 78.0 Å². The molecule has 0 aliphatic heterocycles. The summed E-state index contributed by atoms with van der Waals surface area (Å²) in [6.07, 6.45) is -1.58. The lowest BCUT2D eigenvalue weighted by Crippen LogP contribution is -2.59. The minimum atomic E-state index is -1.87. The molecule has 0 unspecified atom stereocenters. The maximum atomic E-state index is 14.0. The van der Waals surface area contributed by atoms with E-state index in [1.165, 1.54) is 0 Å². The van der Waals surface area contributed by atoms with Crippen LogP contribution in [0.15, 0.2) is 24.3 Å². The third-order valence-electron chi connectivity index (χ3n) is 8.49. The standard InChI is InChI=1S/C38H47N5O17/c1-3-5-22(19-44)34(56)23(8-12-29(46)47)40-35(57)24(9-13-30(48)49)41-37(59)26(17-21-7-4-6-20(2)16-21)43-36(58)25(10-14-31(50)51)42-38(60)27(18-33(54)55)39-28(45)11-15-32(52)53/h1,4,6-7,16,19,22-27H,5,8-15,17-18H2,2H3,(H,39,45)(H,40,57)(H,41,59)(H,42,60)(H,43,58)(H,46,47)(H,48,49)(H,50,51)(H,52,53)(H,54,55)/t22-,23-,24+,25-,26-,27-/m0/s1. The van der Waals surface area contributed by atoms with Crippen LogP contribution in [0.25, 0.3) is 0 Å². The van der Waals surface area contributed by atoms with Crippen molar-refractivity contribution in [2.75, 3.05) is 0 Å². The predicted molar refractivity (Wildman–Crippen MR) is 202 cm³/mol. The molecule has 10 N–H and O–H groups in total. The molecule has 60 heavy (non-hydrogen) atoms. The van der Waals surface area contributed by atoms with Crippen molar-refractivity contribution in [1.29, 1.82) is 0 Å². The highest BCUT2D eigenvalue weighted by atomic mass is 16.4. The van der Waals surface area contributed by atoms with Crippen molar-refractivity contribution in [3.8, 4) is 12.3 Å². The van der Waals surface area contributed by atoms with E-state index in [0.29, 0.717) is 11.1 Å². The van der Waals surface area contributed by atoms with Gasteiger partial charge in [-0.25, -0.2) is 0 Å². The van der Waals surface area contributed by atoms with Gasteiger partial charge in [0.15, 0.2) is 5.78 Å². The van der Waals surface area contributed by atoms with Gasteiger partial charge in [-0.1, -0.05) is 29.8 Å². The molecule has 0 saturated carbocycles. The third kappa shape index (κ3) is 19.8. The number of aryl methyl sites for hydroxylation is 1. The lowest BCUT2D eigenvalue weighted by molar-refractivity contribution is -0.142. The van der Waals surface area contributed by atoms with Crippen LogP contribution in [0.1, 0.15) is 75.3 Å². The third-order valence-corrected chi connectivity index (χ3v) is 8.49. The SMILES string of the molecule is C#CC[C@@H](C=O)C(=O)[C@H](CCC(=O)O)NC(=O)[C@@H](CCC(=O)O)NC(=O)[C@H](Cc1cccc(C)c1)NC(=O)[C@H](CCC(=O)O)NC(=O)[C@H](CC(=O)O)NC(=O)CCC(=O)O. The van der Waals surface area contributed by atoms with Gasteiger partial charge in [0, 0.05) is 38.5 Å². The monoisotopic (exact) mass is 845 g/mol. The summed E-state index contributed by atoms with van der Waals surface area (Å²) in [6.45, 7) is 1.70. The fourth-order valence-electron chi connectivity index (χ4n) is 5.47. The van der Waals surface area contributed by atoms with Crippen molar-refractivity contribution >= 4 is 71.5 Å². The van der Waals surface area contributed by atoms with Crippen molar-refractivity contribution in [1.82, 2.24) is 26.6 Å². The van der Waals surface area contributed by atoms with E-state index in [1.54, 1.807) is 31.2 Å². The van der Waals surface area contributed by atoms with E-state index < -0.39 is 166 Å². The molecule has 326 valence electrons. The molecule has 6 atom stereocenters. The molecule has 5 amide bonds. The Balaban J connectivity index is 3.58. The number of ketones is 1. The van der Waals surface area contributed by atoms with E-state index >= 15 is 0 Å². The van der Waals surface area contributed by atoms with Crippen LogP contribution in [0.5, 0.6) is 0 Å². The van der Waals surface area contributed by atoms with Crippen molar-refractivity contribution < 1.29 is 83.1 Å². The first kappa shape index (κ1) is 50.8. The van der Waals surface area contributed by atoms with Crippen molar-refractivity contribution in [3.05, 3.63) is 35.4 Å². The summed E-state index contributed by atoms with van der Waals surface area (Å²) >= 11 is 0. The van der Waals surface area contributed by atoms with Gasteiger partial charge in [-0.05, 0) is 31.7 Å². The Morgan fingerprint density at radius 1 is 0.600 bits per heavy atom. The lowest BCUT2D eigenvalue weighted by Gasteiger charge is -2.27. The van der Waals surface area contributed by atoms with Gasteiger partial charge in [-0.3, -0.25) is 52.7 Å². The van der Waals surface area contributed by atoms with Crippen LogP contribution >= 0.6 is 0 Å². The highest BCUT2D eigenvalue weighted by Crippen LogP contribution is 2.13. The first-order chi connectivity index (χ1) is 28.2. The van der Waals surface area contributed by atoms with Crippen molar-refractivity contribution in [3.63, 3.8) is 0 Å². The van der Waals surface area contributed by atoms with Gasteiger partial charge in [0.25, 0.3) is 0 Å². The summed E-state index contributed by atoms with van der Waals surface area (Å²) in [7, 11) is 0. The quantitative estimate of drug-likeness (QED) is 0.0244. The molecular formula is C38H47N5O17. The van der Waals surface area contributed by atoms with Crippen molar-refractivity contribution in [2.45, 2.75) is 108 Å². The zero-order chi connectivity index (χ0) is 45.5. The zero-order valence-corrected chi connectivity index (χ0v) is 32.3. The second-order valence-electron chi connectivity index (χ2n) is 13.4. The number of Topliss-reactive ketones (excluding diaryl/α,β-unsaturated/α-hetero) is 1. The molecule has 0 aliphatic rings. The highest BCUT2D eigenvalue weighted by molar-refractivity contribution is 6.01. The Morgan fingerprint density at radius 3 is 1.50 bits per heavy atom. The van der Waals surface area contributed by atoms with Crippen LogP contribution in [0.3, 0.4) is 0 Å². The summed E-state index contributed by atoms with van der Waals surface area (Å²) in [5.41, 5.74) is 1.13. The number of hydrogen-bond acceptors (Lipinski definition) is 12. The molecule has 1 rings (SSSR count). The molecule has 22 heteroatoms. The number of carboxylic acids is 5. The number of carboxylic acid groups (broad SMARTS) is 5. The van der Waals surface area contributed by atoms with Gasteiger partial charge in [-0.15, -0.1) is 12.3 Å². The number of aliphatic carboxylic acids is 5. The summed E-state index contributed by atoms with van der Waals surface area (Å²) in [6, 6.07) is -2.27. The van der Waals surface area contributed by atoms with E-state index in [2.05, 4.69) is 27.2 Å². The molecule has 1 aromatic carbocycles. The Bertz CT molecular complexity index is 1840. The Morgan fingerprint density at radius 2 is 1.05 bits per heavy atom. The number of amides is 5. The molecule has 0 aliphatic carbocycles. The van der Waals surface area contributed by atoms with Gasteiger partial charge in [0.05, 0.1) is 24.8 Å². The van der Waals surface area contributed by atoms with Crippen LogP contribution in [0, 0.1) is 25.2 Å². The molecular weight excluding hydrogens is 798 g/mol. The van der Waals surface area contributed by atoms with Gasteiger partial charge >= 0.3 is 29.8 Å². The Hall–Kier alpha value is -7.18. The van der Waals surface area contributed by atoms with Gasteiger partial charge < -0.3 is 56.9 Å². The Kier molecular flexibility index (Phi) is 22.0. The van der Waals surface area contributed by atoms with Gasteiger partial charge in [-0.2, -0.15) is 0 Å². The summed E-state index contributed by atoms with van der Waals surface area (Å²) in [5.74, 6) is -13.3. The zero-order valence-electron chi connectivity index (χ0n) is 32.3. The maximum Gasteiger partial charge on any atom is 0.305 e. The van der Waals surface area contributed by atoms with E-state index in [1.807, 2.05) is 5.32 Å². The molecule has 0 spiro atoms. The number of aldehydes is 1. The van der Waals surface area contributed by atoms with Crippen LogP contribution in [-0.4, -0.2) is 127 Å². The van der Waals surface area contributed by atoms with Crippen LogP contribution in [-0.2, 0) is 64.0 Å². The minimum Gasteiger partial charge on any atom is -0.481 e. The average molecular weight is 846 g/mol. The summed E-state index contributed by atoms with van der Waals surface area (Å²) < 4.78 is 0. The molecule has 1 aromatic rings. The van der Waals surface area contributed by atoms with Crippen LogP contribution in [0.4, 0.5) is 0 Å². The number of rotatable bonds is 29. The van der Waals surface area contributed by atoms with Gasteiger partial charge in [0.2, 0.25) is 29.5 Å². The molecule has 0 fully saturated rings. The smallest absolute Gasteiger partial charge is 0.305 e. The minimum absolute atomic E-state index is 0.210. The fraction of sp³-hybridized carbons (Fsp3) is 0.474. The topological polar surface area (TPSA) is 366 Å². The van der Waals surface area contributed by atoms with E-state index in [0.717, 1.165) is 0 Å². The molecule has 22 nitrogen and oxygen atoms in total. The summed E-state index contributed by atoms with van der Waals surface area (Å²) in [4.78, 5) is 148. The largest absolute Gasteiger partial charge is 0.481 e. The first-order valence-corrected chi connectivity index (χ1v) is 18.2. The summed E-state index contributed by atoms with van der Waals surface area (Å²) in [5, 5.41) is 57.2. The second kappa shape index (κ2) is 25.9. The molecule has 0 saturated heterocycles. The van der Waals surface area contributed by atoms with E-state index in [-0.39, 0.29) is 12.7 Å². The number of carbonyl (C=O) groups is 12.